The first-order valence-corrected chi connectivity index (χ1v) is 11.1. The minimum atomic E-state index is -4.12. The van der Waals surface area contributed by atoms with Gasteiger partial charge in [0.2, 0.25) is 0 Å². The Morgan fingerprint density at radius 1 is 1.22 bits per heavy atom. The molecule has 0 spiro atoms. The summed E-state index contributed by atoms with van der Waals surface area (Å²) in [7, 11) is 1.49. The molecule has 32 heavy (non-hydrogen) atoms. The van der Waals surface area contributed by atoms with Crippen molar-refractivity contribution >= 4 is 11.6 Å². The van der Waals surface area contributed by atoms with E-state index in [0.717, 1.165) is 29.9 Å². The summed E-state index contributed by atoms with van der Waals surface area (Å²) in [5, 5.41) is 4.78. The van der Waals surface area contributed by atoms with Gasteiger partial charge in [0.05, 0.1) is 17.3 Å². The molecular formula is C23H29F3N4O2. The van der Waals surface area contributed by atoms with Crippen molar-refractivity contribution < 1.29 is 22.7 Å². The number of piperidine rings is 1. The van der Waals surface area contributed by atoms with Crippen LogP contribution >= 0.6 is 0 Å². The summed E-state index contributed by atoms with van der Waals surface area (Å²) < 4.78 is 45.9. The number of likely N-dealkylation sites (tertiary alicyclic amines) is 1. The predicted molar refractivity (Wildman–Crippen MR) is 113 cm³/mol. The smallest absolute Gasteiger partial charge is 0.375 e. The van der Waals surface area contributed by atoms with Crippen LogP contribution in [0.1, 0.15) is 67.4 Å². The molecule has 9 heteroatoms. The molecule has 1 saturated heterocycles. The highest BCUT2D eigenvalue weighted by Gasteiger charge is 2.42. The standard InChI is InChI=1S/C23H29F3N4O2/c1-14-11-20(18-5-4-10-29(15(18)2)22(31)13-32-3)30-21(27-14)12-19(28-30)16-6-8-17(9-7-16)23(24,25)26/h11-12,16-18H,2,4-10,13H2,1,3H3/t16?,17?,18-/m0/s1. The van der Waals surface area contributed by atoms with Gasteiger partial charge in [0.1, 0.15) is 6.61 Å². The molecule has 0 unspecified atom stereocenters. The van der Waals surface area contributed by atoms with Crippen molar-refractivity contribution in [3.63, 3.8) is 0 Å². The van der Waals surface area contributed by atoms with E-state index in [1.54, 1.807) is 9.42 Å². The van der Waals surface area contributed by atoms with Crippen molar-refractivity contribution in [3.05, 3.63) is 41.5 Å². The van der Waals surface area contributed by atoms with Crippen LogP contribution in [0.2, 0.25) is 0 Å². The van der Waals surface area contributed by atoms with E-state index in [2.05, 4.69) is 11.6 Å². The number of carbonyl (C=O) groups excluding carboxylic acids is 1. The molecule has 0 radical (unpaired) electrons. The zero-order valence-electron chi connectivity index (χ0n) is 18.5. The van der Waals surface area contributed by atoms with Crippen LogP contribution < -0.4 is 0 Å². The molecule has 3 heterocycles. The molecule has 4 rings (SSSR count). The van der Waals surface area contributed by atoms with Gasteiger partial charge in [0, 0.05) is 42.9 Å². The van der Waals surface area contributed by atoms with Crippen LogP contribution in [0.5, 0.6) is 0 Å². The predicted octanol–water partition coefficient (Wildman–Crippen LogP) is 4.74. The molecule has 2 aromatic heterocycles. The number of carbonyl (C=O) groups is 1. The molecule has 1 saturated carbocycles. The Morgan fingerprint density at radius 3 is 2.59 bits per heavy atom. The van der Waals surface area contributed by atoms with E-state index in [0.29, 0.717) is 30.7 Å². The van der Waals surface area contributed by atoms with Crippen LogP contribution in [0.3, 0.4) is 0 Å². The number of ether oxygens (including phenoxy) is 1. The summed E-state index contributed by atoms with van der Waals surface area (Å²) in [6, 6.07) is 3.86. The van der Waals surface area contributed by atoms with E-state index in [9.17, 15) is 18.0 Å². The highest BCUT2D eigenvalue weighted by Crippen LogP contribution is 2.43. The van der Waals surface area contributed by atoms with Crippen LogP contribution in [-0.4, -0.2) is 51.8 Å². The van der Waals surface area contributed by atoms with Gasteiger partial charge in [0.15, 0.2) is 5.65 Å². The largest absolute Gasteiger partial charge is 0.391 e. The molecule has 0 bridgehead atoms. The van der Waals surface area contributed by atoms with Gasteiger partial charge in [-0.05, 0) is 51.5 Å². The molecule has 0 aromatic carbocycles. The number of allylic oxidation sites excluding steroid dienone is 1. The Bertz CT molecular complexity index is 1010. The van der Waals surface area contributed by atoms with E-state index in [4.69, 9.17) is 9.84 Å². The first-order chi connectivity index (χ1) is 15.2. The van der Waals surface area contributed by atoms with Gasteiger partial charge in [-0.2, -0.15) is 18.3 Å². The number of amides is 1. The van der Waals surface area contributed by atoms with Gasteiger partial charge in [-0.15, -0.1) is 0 Å². The van der Waals surface area contributed by atoms with Crippen molar-refractivity contribution in [3.8, 4) is 0 Å². The lowest BCUT2D eigenvalue weighted by atomic mass is 9.80. The van der Waals surface area contributed by atoms with Crippen molar-refractivity contribution in [2.45, 2.75) is 63.5 Å². The molecule has 1 amide bonds. The summed E-state index contributed by atoms with van der Waals surface area (Å²) in [5.74, 6) is -1.43. The van der Waals surface area contributed by atoms with Gasteiger partial charge in [-0.3, -0.25) is 4.79 Å². The SMILES string of the molecule is C=C1[C@@H](c2cc(C)nc3cc(C4CCC(C(F)(F)F)CC4)nn23)CCCN1C(=O)COC. The number of rotatable bonds is 4. The fourth-order valence-corrected chi connectivity index (χ4v) is 5.07. The molecule has 174 valence electrons. The number of hydrogen-bond acceptors (Lipinski definition) is 4. The highest BCUT2D eigenvalue weighted by molar-refractivity contribution is 5.79. The molecule has 1 aliphatic heterocycles. The lowest BCUT2D eigenvalue weighted by Gasteiger charge is -2.35. The second kappa shape index (κ2) is 8.84. The third-order valence-electron chi connectivity index (χ3n) is 6.76. The maximum Gasteiger partial charge on any atom is 0.391 e. The Kier molecular flexibility index (Phi) is 6.29. The van der Waals surface area contributed by atoms with Crippen molar-refractivity contribution in [2.24, 2.45) is 5.92 Å². The molecule has 1 aliphatic carbocycles. The summed E-state index contributed by atoms with van der Waals surface area (Å²) >= 11 is 0. The highest BCUT2D eigenvalue weighted by atomic mass is 19.4. The Labute approximate surface area is 185 Å². The molecule has 2 aliphatic rings. The number of methoxy groups -OCH3 is 1. The summed E-state index contributed by atoms with van der Waals surface area (Å²) in [4.78, 5) is 18.7. The number of alkyl halides is 3. The summed E-state index contributed by atoms with van der Waals surface area (Å²) in [6.45, 7) is 6.72. The van der Waals surface area contributed by atoms with E-state index in [-0.39, 0.29) is 37.2 Å². The van der Waals surface area contributed by atoms with Crippen LogP contribution in [-0.2, 0) is 9.53 Å². The average Bonchev–Trinajstić information content (AvgIpc) is 3.17. The number of hydrogen-bond donors (Lipinski definition) is 0. The van der Waals surface area contributed by atoms with Gasteiger partial charge < -0.3 is 9.64 Å². The minimum absolute atomic E-state index is 0.00204. The van der Waals surface area contributed by atoms with Gasteiger partial charge >= 0.3 is 6.18 Å². The topological polar surface area (TPSA) is 59.7 Å². The average molecular weight is 451 g/mol. The quantitative estimate of drug-likeness (QED) is 0.675. The van der Waals surface area contributed by atoms with Crippen LogP contribution in [0.4, 0.5) is 13.2 Å². The first-order valence-electron chi connectivity index (χ1n) is 11.1. The minimum Gasteiger partial charge on any atom is -0.375 e. The maximum absolute atomic E-state index is 13.0. The van der Waals surface area contributed by atoms with Crippen LogP contribution in [0.15, 0.2) is 24.4 Å². The van der Waals surface area contributed by atoms with Gasteiger partial charge in [-0.25, -0.2) is 9.50 Å². The first kappa shape index (κ1) is 22.8. The van der Waals surface area contributed by atoms with Crippen molar-refractivity contribution in [1.29, 1.82) is 0 Å². The molecule has 1 atom stereocenters. The third kappa shape index (κ3) is 4.40. The maximum atomic E-state index is 13.0. The number of aromatic nitrogens is 3. The third-order valence-corrected chi connectivity index (χ3v) is 6.76. The van der Waals surface area contributed by atoms with E-state index >= 15 is 0 Å². The Morgan fingerprint density at radius 2 is 1.94 bits per heavy atom. The zero-order valence-corrected chi connectivity index (χ0v) is 18.5. The van der Waals surface area contributed by atoms with Gasteiger partial charge in [0.25, 0.3) is 5.91 Å². The molecule has 2 fully saturated rings. The van der Waals surface area contributed by atoms with Crippen molar-refractivity contribution in [2.75, 3.05) is 20.3 Å². The number of nitrogens with zero attached hydrogens (tertiary/aromatic N) is 4. The second-order valence-corrected chi connectivity index (χ2v) is 8.92. The monoisotopic (exact) mass is 450 g/mol. The Balaban J connectivity index is 1.62. The number of fused-ring (bicyclic) bond motifs is 1. The zero-order chi connectivity index (χ0) is 23.0. The normalized spacial score (nSPS) is 24.8. The van der Waals surface area contributed by atoms with Crippen LogP contribution in [0, 0.1) is 12.8 Å². The molecule has 2 aromatic rings. The van der Waals surface area contributed by atoms with Gasteiger partial charge in [-0.1, -0.05) is 6.58 Å². The van der Waals surface area contributed by atoms with E-state index in [1.165, 1.54) is 7.11 Å². The van der Waals surface area contributed by atoms with E-state index < -0.39 is 12.1 Å². The van der Waals surface area contributed by atoms with E-state index in [1.807, 2.05) is 19.1 Å². The van der Waals surface area contributed by atoms with Crippen LogP contribution in [0.25, 0.3) is 5.65 Å². The molecule has 0 N–H and O–H groups in total. The summed E-state index contributed by atoms with van der Waals surface area (Å²) in [6.07, 6.45) is -1.24. The lowest BCUT2D eigenvalue weighted by Crippen LogP contribution is -2.39. The number of halogens is 3. The molecular weight excluding hydrogens is 421 g/mol. The fraction of sp³-hybridized carbons (Fsp3) is 0.609. The fourth-order valence-electron chi connectivity index (χ4n) is 5.07. The van der Waals surface area contributed by atoms with Crippen molar-refractivity contribution in [1.82, 2.24) is 19.5 Å². The second-order valence-electron chi connectivity index (χ2n) is 8.92. The summed E-state index contributed by atoms with van der Waals surface area (Å²) in [5.41, 5.74) is 3.92. The Hall–Kier alpha value is -2.42. The number of aryl methyl sites for hydroxylation is 1. The lowest BCUT2D eigenvalue weighted by molar-refractivity contribution is -0.182. The molecule has 6 nitrogen and oxygen atoms in total.